The molecule has 1 saturated heterocycles. The Labute approximate surface area is 189 Å². The van der Waals surface area contributed by atoms with Crippen molar-refractivity contribution in [2.24, 2.45) is 0 Å². The van der Waals surface area contributed by atoms with Crippen LogP contribution in [0, 0.1) is 0 Å². The van der Waals surface area contributed by atoms with E-state index in [0.717, 1.165) is 38.7 Å². The van der Waals surface area contributed by atoms with Gasteiger partial charge in [0.05, 0.1) is 12.0 Å². The number of ether oxygens (including phenoxy) is 1. The number of nitrogens with one attached hydrogen (secondary N) is 2. The summed E-state index contributed by atoms with van der Waals surface area (Å²) in [6.07, 6.45) is 4.39. The van der Waals surface area contributed by atoms with Crippen molar-refractivity contribution < 1.29 is 19.1 Å². The molecule has 4 rings (SSSR count). The number of amides is 3. The molecule has 1 aliphatic heterocycles. The van der Waals surface area contributed by atoms with Gasteiger partial charge in [0.1, 0.15) is 5.75 Å². The molecule has 1 aliphatic rings. The number of benzene rings is 2. The summed E-state index contributed by atoms with van der Waals surface area (Å²) in [4.78, 5) is 41.8. The number of methoxy groups -OCH3 is 1. The highest BCUT2D eigenvalue weighted by atomic mass is 32.2. The second-order valence-corrected chi connectivity index (χ2v) is 8.31. The maximum atomic E-state index is 12.6. The summed E-state index contributed by atoms with van der Waals surface area (Å²) >= 11 is 0.888. The summed E-state index contributed by atoms with van der Waals surface area (Å²) < 4.78 is 5.12. The summed E-state index contributed by atoms with van der Waals surface area (Å²) in [7, 11) is 1.58. The van der Waals surface area contributed by atoms with E-state index in [1.807, 2.05) is 42.6 Å². The van der Waals surface area contributed by atoms with Gasteiger partial charge in [0.25, 0.3) is 11.1 Å². The normalized spacial score (nSPS) is 15.0. The molecule has 1 fully saturated rings. The Morgan fingerprint density at radius 1 is 1.16 bits per heavy atom. The van der Waals surface area contributed by atoms with Crippen LogP contribution in [-0.4, -0.2) is 47.1 Å². The lowest BCUT2D eigenvalue weighted by molar-refractivity contribution is -0.124. The number of hydrogen-bond acceptors (Lipinski definition) is 5. The largest absolute Gasteiger partial charge is 0.497 e. The fourth-order valence-electron chi connectivity index (χ4n) is 3.52. The quantitative estimate of drug-likeness (QED) is 0.508. The Bertz CT molecular complexity index is 1180. The van der Waals surface area contributed by atoms with Gasteiger partial charge in [0.15, 0.2) is 0 Å². The monoisotopic (exact) mass is 449 g/mol. The number of aromatic amines is 1. The number of nitrogens with zero attached hydrogens (tertiary/aromatic N) is 1. The minimum atomic E-state index is -0.373. The number of aromatic nitrogens is 1. The number of carbonyl (C=O) groups is 3. The zero-order chi connectivity index (χ0) is 22.5. The van der Waals surface area contributed by atoms with Crippen LogP contribution in [0.15, 0.2) is 59.6 Å². The summed E-state index contributed by atoms with van der Waals surface area (Å²) in [5.41, 5.74) is 3.00. The molecule has 0 spiro atoms. The van der Waals surface area contributed by atoms with E-state index >= 15 is 0 Å². The number of carbonyl (C=O) groups excluding carboxylic acids is 3. The van der Waals surface area contributed by atoms with Crippen molar-refractivity contribution in [2.75, 3.05) is 20.2 Å². The van der Waals surface area contributed by atoms with Crippen molar-refractivity contribution in [1.29, 1.82) is 0 Å². The van der Waals surface area contributed by atoms with Crippen molar-refractivity contribution in [1.82, 2.24) is 15.2 Å². The van der Waals surface area contributed by atoms with Gasteiger partial charge in [-0.1, -0.05) is 30.3 Å². The molecule has 164 valence electrons. The predicted octanol–water partition coefficient (Wildman–Crippen LogP) is 3.96. The first-order chi connectivity index (χ1) is 15.5. The molecule has 2 aromatic carbocycles. The molecule has 3 amide bonds. The minimum Gasteiger partial charge on any atom is -0.497 e. The van der Waals surface area contributed by atoms with Gasteiger partial charge in [-0.25, -0.2) is 0 Å². The van der Waals surface area contributed by atoms with Crippen molar-refractivity contribution >= 4 is 45.8 Å². The van der Waals surface area contributed by atoms with Crippen LogP contribution in [0.25, 0.3) is 17.0 Å². The van der Waals surface area contributed by atoms with E-state index in [4.69, 9.17) is 4.74 Å². The van der Waals surface area contributed by atoms with Gasteiger partial charge >= 0.3 is 0 Å². The Hall–Kier alpha value is -3.52. The number of para-hydroxylation sites is 1. The second-order valence-electron chi connectivity index (χ2n) is 7.32. The van der Waals surface area contributed by atoms with E-state index in [-0.39, 0.29) is 30.0 Å². The smallest absolute Gasteiger partial charge is 0.293 e. The fourth-order valence-corrected chi connectivity index (χ4v) is 4.39. The molecule has 32 heavy (non-hydrogen) atoms. The first kappa shape index (κ1) is 21.7. The van der Waals surface area contributed by atoms with E-state index < -0.39 is 0 Å². The second kappa shape index (κ2) is 9.74. The van der Waals surface area contributed by atoms with Crippen molar-refractivity contribution in [2.45, 2.75) is 12.8 Å². The molecular weight excluding hydrogens is 426 g/mol. The Kier molecular flexibility index (Phi) is 6.61. The van der Waals surface area contributed by atoms with Crippen LogP contribution in [0.2, 0.25) is 0 Å². The predicted molar refractivity (Wildman–Crippen MR) is 125 cm³/mol. The highest BCUT2D eigenvalue weighted by Gasteiger charge is 2.34. The third-order valence-corrected chi connectivity index (χ3v) is 6.15. The third-order valence-electron chi connectivity index (χ3n) is 5.24. The van der Waals surface area contributed by atoms with E-state index in [1.165, 1.54) is 0 Å². The lowest BCUT2D eigenvalue weighted by atomic mass is 10.1. The maximum absolute atomic E-state index is 12.6. The fraction of sp³-hybridized carbons (Fsp3) is 0.208. The Morgan fingerprint density at radius 2 is 1.94 bits per heavy atom. The summed E-state index contributed by atoms with van der Waals surface area (Å²) in [5.74, 6) is 0.149. The van der Waals surface area contributed by atoms with Gasteiger partial charge in [-0.15, -0.1) is 0 Å². The molecule has 7 nitrogen and oxygen atoms in total. The molecule has 0 atom stereocenters. The summed E-state index contributed by atoms with van der Waals surface area (Å²) in [6.45, 7) is 0.545. The van der Waals surface area contributed by atoms with Gasteiger partial charge in [0, 0.05) is 36.6 Å². The standard InChI is InChI=1S/C24H23N3O4S/c1-31-18-8-6-16(7-9-18)14-21-23(29)27(24(30)32-21)13-11-22(28)25-12-10-17-15-26-20-5-3-2-4-19(17)20/h2-9,14-15,26H,10-13H2,1H3,(H,25,28)/b21-14-. The van der Waals surface area contributed by atoms with Gasteiger partial charge in [0.2, 0.25) is 5.91 Å². The molecular formula is C24H23N3O4S. The topological polar surface area (TPSA) is 91.5 Å². The molecule has 2 heterocycles. The van der Waals surface area contributed by atoms with Crippen LogP contribution < -0.4 is 10.1 Å². The van der Waals surface area contributed by atoms with E-state index in [2.05, 4.69) is 10.3 Å². The average Bonchev–Trinajstić information content (AvgIpc) is 3.33. The molecule has 1 aromatic heterocycles. The minimum absolute atomic E-state index is 0.0591. The van der Waals surface area contributed by atoms with Crippen LogP contribution in [0.3, 0.4) is 0 Å². The third kappa shape index (κ3) is 4.86. The van der Waals surface area contributed by atoms with Crippen LogP contribution in [0.1, 0.15) is 17.5 Å². The van der Waals surface area contributed by atoms with E-state index in [0.29, 0.717) is 23.6 Å². The van der Waals surface area contributed by atoms with Crippen LogP contribution >= 0.6 is 11.8 Å². The SMILES string of the molecule is COc1ccc(/C=C2\SC(=O)N(CCC(=O)NCCc3c[nH]c4ccccc34)C2=O)cc1. The lowest BCUT2D eigenvalue weighted by Gasteiger charge is -2.12. The summed E-state index contributed by atoms with van der Waals surface area (Å²) in [5, 5.41) is 3.65. The molecule has 0 bridgehead atoms. The Morgan fingerprint density at radius 3 is 2.72 bits per heavy atom. The highest BCUT2D eigenvalue weighted by Crippen LogP contribution is 2.32. The maximum Gasteiger partial charge on any atom is 0.293 e. The molecule has 2 N–H and O–H groups in total. The first-order valence-electron chi connectivity index (χ1n) is 10.3. The molecule has 0 unspecified atom stereocenters. The molecule has 0 aliphatic carbocycles. The van der Waals surface area contributed by atoms with Crippen LogP contribution in [0.4, 0.5) is 4.79 Å². The molecule has 8 heteroatoms. The number of H-pyrrole nitrogens is 1. The molecule has 0 saturated carbocycles. The average molecular weight is 450 g/mol. The number of imide groups is 1. The Balaban J connectivity index is 1.27. The van der Waals surface area contributed by atoms with Crippen molar-refractivity contribution in [3.63, 3.8) is 0 Å². The zero-order valence-electron chi connectivity index (χ0n) is 17.6. The number of rotatable bonds is 8. The van der Waals surface area contributed by atoms with Gasteiger partial charge in [-0.2, -0.15) is 0 Å². The van der Waals surface area contributed by atoms with E-state index in [1.54, 1.807) is 25.3 Å². The molecule has 0 radical (unpaired) electrons. The van der Waals surface area contributed by atoms with Crippen molar-refractivity contribution in [3.8, 4) is 5.75 Å². The number of hydrogen-bond donors (Lipinski definition) is 2. The van der Waals surface area contributed by atoms with Gasteiger partial charge in [-0.05, 0) is 53.6 Å². The van der Waals surface area contributed by atoms with Crippen LogP contribution in [-0.2, 0) is 16.0 Å². The molecule has 3 aromatic rings. The van der Waals surface area contributed by atoms with Gasteiger partial charge < -0.3 is 15.0 Å². The zero-order valence-corrected chi connectivity index (χ0v) is 18.4. The lowest BCUT2D eigenvalue weighted by Crippen LogP contribution is -2.34. The van der Waals surface area contributed by atoms with Crippen LogP contribution in [0.5, 0.6) is 5.75 Å². The van der Waals surface area contributed by atoms with E-state index in [9.17, 15) is 14.4 Å². The number of fused-ring (bicyclic) bond motifs is 1. The summed E-state index contributed by atoms with van der Waals surface area (Å²) in [6, 6.07) is 15.2. The van der Waals surface area contributed by atoms with Gasteiger partial charge in [-0.3, -0.25) is 19.3 Å². The number of thioether (sulfide) groups is 1. The highest BCUT2D eigenvalue weighted by molar-refractivity contribution is 8.18. The first-order valence-corrected chi connectivity index (χ1v) is 11.1. The van der Waals surface area contributed by atoms with Crippen molar-refractivity contribution in [3.05, 3.63) is 70.8 Å².